The van der Waals surface area contributed by atoms with Gasteiger partial charge in [0.25, 0.3) is 0 Å². The van der Waals surface area contributed by atoms with Gasteiger partial charge in [-0.2, -0.15) is 0 Å². The quantitative estimate of drug-likeness (QED) is 0.694. The molecule has 0 radical (unpaired) electrons. The minimum atomic E-state index is -0.148. The van der Waals surface area contributed by atoms with Crippen LogP contribution in [-0.4, -0.2) is 41.6 Å². The van der Waals surface area contributed by atoms with Gasteiger partial charge in [0.2, 0.25) is 0 Å². The minimum absolute atomic E-state index is 0.148. The van der Waals surface area contributed by atoms with E-state index in [-0.39, 0.29) is 12.1 Å². The van der Waals surface area contributed by atoms with Crippen molar-refractivity contribution >= 4 is 22.6 Å². The number of rotatable bonds is 8. The van der Waals surface area contributed by atoms with Crippen LogP contribution < -0.4 is 10.6 Å². The summed E-state index contributed by atoms with van der Waals surface area (Å²) in [6.07, 6.45) is 3.91. The number of hydrogen-bond acceptors (Lipinski definition) is 2. The Balaban J connectivity index is 1.78. The largest absolute Gasteiger partial charge is 0.359 e. The van der Waals surface area contributed by atoms with Gasteiger partial charge in [-0.05, 0) is 45.5 Å². The van der Waals surface area contributed by atoms with E-state index in [1.807, 2.05) is 30.5 Å². The van der Waals surface area contributed by atoms with Gasteiger partial charge in [-0.15, -0.1) is 0 Å². The molecule has 1 aromatic heterocycles. The van der Waals surface area contributed by atoms with Crippen LogP contribution in [0.5, 0.6) is 0 Å². The number of aromatic nitrogens is 1. The standard InChI is InChI=1S/C18H28N4O/c1-4-22(5-2)12-8-9-14(3)20-18(23)21-17-13-19-16-11-7-6-10-15(16)17/h6-7,10-11,13-14,19H,4-5,8-9,12H2,1-3H3,(H2,20,21,23). The molecule has 0 aliphatic carbocycles. The van der Waals surface area contributed by atoms with Crippen LogP contribution in [0.4, 0.5) is 10.5 Å². The van der Waals surface area contributed by atoms with Crippen LogP contribution in [0, 0.1) is 0 Å². The van der Waals surface area contributed by atoms with Crippen LogP contribution in [0.2, 0.25) is 0 Å². The average molecular weight is 316 g/mol. The lowest BCUT2D eigenvalue weighted by atomic mass is 10.2. The molecule has 0 saturated carbocycles. The molecular weight excluding hydrogens is 288 g/mol. The summed E-state index contributed by atoms with van der Waals surface area (Å²) in [5.41, 5.74) is 1.84. The van der Waals surface area contributed by atoms with Crippen molar-refractivity contribution in [3.8, 4) is 0 Å². The summed E-state index contributed by atoms with van der Waals surface area (Å²) in [5.74, 6) is 0. The predicted octanol–water partition coefficient (Wildman–Crippen LogP) is 3.80. The van der Waals surface area contributed by atoms with Crippen molar-refractivity contribution < 1.29 is 4.79 Å². The number of benzene rings is 1. The number of urea groups is 1. The van der Waals surface area contributed by atoms with Gasteiger partial charge in [-0.3, -0.25) is 0 Å². The first-order valence-corrected chi connectivity index (χ1v) is 8.50. The number of anilines is 1. The Hall–Kier alpha value is -2.01. The summed E-state index contributed by atoms with van der Waals surface area (Å²) >= 11 is 0. The molecule has 2 aromatic rings. The second-order valence-corrected chi connectivity index (χ2v) is 5.92. The third-order valence-electron chi connectivity index (χ3n) is 4.22. The highest BCUT2D eigenvalue weighted by Gasteiger charge is 2.10. The number of nitrogens with one attached hydrogen (secondary N) is 3. The number of nitrogens with zero attached hydrogens (tertiary/aromatic N) is 1. The number of para-hydroxylation sites is 1. The first kappa shape index (κ1) is 17.3. The van der Waals surface area contributed by atoms with Gasteiger partial charge in [0.05, 0.1) is 5.69 Å². The third-order valence-corrected chi connectivity index (χ3v) is 4.22. The number of carbonyl (C=O) groups is 1. The molecule has 1 heterocycles. The minimum Gasteiger partial charge on any atom is -0.359 e. The number of amides is 2. The predicted molar refractivity (Wildman–Crippen MR) is 96.9 cm³/mol. The maximum Gasteiger partial charge on any atom is 0.319 e. The van der Waals surface area contributed by atoms with Gasteiger partial charge in [0.15, 0.2) is 0 Å². The van der Waals surface area contributed by atoms with Crippen molar-refractivity contribution in [3.63, 3.8) is 0 Å². The molecule has 3 N–H and O–H groups in total. The van der Waals surface area contributed by atoms with E-state index in [9.17, 15) is 4.79 Å². The third kappa shape index (κ3) is 4.99. The fraction of sp³-hybridized carbons (Fsp3) is 0.500. The second kappa shape index (κ2) is 8.58. The van der Waals surface area contributed by atoms with Gasteiger partial charge in [0.1, 0.15) is 0 Å². The summed E-state index contributed by atoms with van der Waals surface area (Å²) in [6.45, 7) is 9.67. The summed E-state index contributed by atoms with van der Waals surface area (Å²) in [4.78, 5) is 17.7. The smallest absolute Gasteiger partial charge is 0.319 e. The van der Waals surface area contributed by atoms with Gasteiger partial charge in [-0.25, -0.2) is 4.79 Å². The number of aromatic amines is 1. The Kier molecular flexibility index (Phi) is 6.47. The second-order valence-electron chi connectivity index (χ2n) is 5.92. The Morgan fingerprint density at radius 3 is 2.74 bits per heavy atom. The van der Waals surface area contributed by atoms with Crippen LogP contribution in [0.25, 0.3) is 10.9 Å². The van der Waals surface area contributed by atoms with Crippen molar-refractivity contribution in [1.29, 1.82) is 0 Å². The summed E-state index contributed by atoms with van der Waals surface area (Å²) in [5, 5.41) is 6.96. The van der Waals surface area contributed by atoms with E-state index in [0.29, 0.717) is 0 Å². The molecule has 0 aliphatic heterocycles. The lowest BCUT2D eigenvalue weighted by Gasteiger charge is -2.19. The highest BCUT2D eigenvalue weighted by Crippen LogP contribution is 2.22. The van der Waals surface area contributed by atoms with E-state index >= 15 is 0 Å². The monoisotopic (exact) mass is 316 g/mol. The first-order chi connectivity index (χ1) is 11.1. The molecule has 2 amide bonds. The van der Waals surface area contributed by atoms with Gasteiger partial charge in [0, 0.05) is 23.1 Å². The van der Waals surface area contributed by atoms with Crippen molar-refractivity contribution in [1.82, 2.24) is 15.2 Å². The molecular formula is C18H28N4O. The van der Waals surface area contributed by atoms with Crippen LogP contribution in [0.1, 0.15) is 33.6 Å². The zero-order valence-corrected chi connectivity index (χ0v) is 14.4. The van der Waals surface area contributed by atoms with E-state index in [0.717, 1.165) is 49.1 Å². The van der Waals surface area contributed by atoms with Crippen molar-refractivity contribution in [2.24, 2.45) is 0 Å². The summed E-state index contributed by atoms with van der Waals surface area (Å²) in [7, 11) is 0. The summed E-state index contributed by atoms with van der Waals surface area (Å²) < 4.78 is 0. The highest BCUT2D eigenvalue weighted by atomic mass is 16.2. The van der Waals surface area contributed by atoms with Crippen LogP contribution >= 0.6 is 0 Å². The summed E-state index contributed by atoms with van der Waals surface area (Å²) in [6, 6.07) is 7.94. The van der Waals surface area contributed by atoms with Crippen molar-refractivity contribution in [2.75, 3.05) is 25.0 Å². The molecule has 1 unspecified atom stereocenters. The molecule has 0 aliphatic rings. The van der Waals surface area contributed by atoms with E-state index in [4.69, 9.17) is 0 Å². The molecule has 0 bridgehead atoms. The number of carbonyl (C=O) groups excluding carboxylic acids is 1. The van der Waals surface area contributed by atoms with Crippen LogP contribution in [0.3, 0.4) is 0 Å². The molecule has 5 heteroatoms. The molecule has 0 saturated heterocycles. The highest BCUT2D eigenvalue weighted by molar-refractivity contribution is 6.00. The van der Waals surface area contributed by atoms with Crippen LogP contribution in [0.15, 0.2) is 30.5 Å². The SMILES string of the molecule is CCN(CC)CCCC(C)NC(=O)Nc1c[nH]c2ccccc12. The average Bonchev–Trinajstić information content (AvgIpc) is 2.94. The van der Waals surface area contributed by atoms with E-state index in [2.05, 4.69) is 41.3 Å². The topological polar surface area (TPSA) is 60.2 Å². The van der Waals surface area contributed by atoms with E-state index < -0.39 is 0 Å². The molecule has 0 spiro atoms. The lowest BCUT2D eigenvalue weighted by molar-refractivity contribution is 0.247. The Labute approximate surface area is 138 Å². The Bertz CT molecular complexity index is 618. The molecule has 1 atom stereocenters. The number of hydrogen-bond donors (Lipinski definition) is 3. The van der Waals surface area contributed by atoms with Crippen LogP contribution in [-0.2, 0) is 0 Å². The van der Waals surface area contributed by atoms with Gasteiger partial charge in [-0.1, -0.05) is 32.0 Å². The van der Waals surface area contributed by atoms with Gasteiger partial charge >= 0.3 is 6.03 Å². The maximum atomic E-state index is 12.1. The van der Waals surface area contributed by atoms with E-state index in [1.165, 1.54) is 0 Å². The molecule has 2 rings (SSSR count). The maximum absolute atomic E-state index is 12.1. The number of fused-ring (bicyclic) bond motifs is 1. The Morgan fingerprint density at radius 1 is 1.26 bits per heavy atom. The fourth-order valence-corrected chi connectivity index (χ4v) is 2.79. The zero-order valence-electron chi connectivity index (χ0n) is 14.4. The van der Waals surface area contributed by atoms with E-state index in [1.54, 1.807) is 0 Å². The number of H-pyrrole nitrogens is 1. The van der Waals surface area contributed by atoms with Crippen molar-refractivity contribution in [2.45, 2.75) is 39.7 Å². The molecule has 0 fully saturated rings. The van der Waals surface area contributed by atoms with Crippen molar-refractivity contribution in [3.05, 3.63) is 30.5 Å². The Morgan fingerprint density at radius 2 is 2.00 bits per heavy atom. The first-order valence-electron chi connectivity index (χ1n) is 8.50. The lowest BCUT2D eigenvalue weighted by Crippen LogP contribution is -2.36. The molecule has 1 aromatic carbocycles. The fourth-order valence-electron chi connectivity index (χ4n) is 2.79. The molecule has 23 heavy (non-hydrogen) atoms. The zero-order chi connectivity index (χ0) is 16.7. The van der Waals surface area contributed by atoms with Gasteiger partial charge < -0.3 is 20.5 Å². The molecule has 5 nitrogen and oxygen atoms in total. The molecule has 126 valence electrons. The normalized spacial score (nSPS) is 12.5.